The van der Waals surface area contributed by atoms with E-state index in [0.717, 1.165) is 11.5 Å². The van der Waals surface area contributed by atoms with E-state index in [2.05, 4.69) is 20.7 Å². The Balaban J connectivity index is 2.37. The van der Waals surface area contributed by atoms with Crippen LogP contribution in [0.2, 0.25) is 0 Å². The molecule has 0 spiro atoms. The molecule has 6 heteroatoms. The third-order valence-corrected chi connectivity index (χ3v) is 2.24. The Bertz CT molecular complexity index is 360. The van der Waals surface area contributed by atoms with Crippen molar-refractivity contribution in [2.45, 2.75) is 19.5 Å². The van der Waals surface area contributed by atoms with E-state index >= 15 is 0 Å². The van der Waals surface area contributed by atoms with Gasteiger partial charge in [-0.2, -0.15) is 5.10 Å². The van der Waals surface area contributed by atoms with Gasteiger partial charge in [0.2, 0.25) is 0 Å². The molecule has 1 unspecified atom stereocenters. The molecule has 0 aliphatic heterocycles. The van der Waals surface area contributed by atoms with Crippen LogP contribution in [0, 0.1) is 0 Å². The molecule has 6 nitrogen and oxygen atoms in total. The van der Waals surface area contributed by atoms with Crippen molar-refractivity contribution in [3.63, 3.8) is 0 Å². The van der Waals surface area contributed by atoms with Crippen molar-refractivity contribution in [2.75, 3.05) is 20.8 Å². The molecule has 0 fully saturated rings. The summed E-state index contributed by atoms with van der Waals surface area (Å²) < 4.78 is 6.84. The molecule has 0 aromatic carbocycles. The third kappa shape index (κ3) is 4.86. The fourth-order valence-electron chi connectivity index (χ4n) is 1.47. The summed E-state index contributed by atoms with van der Waals surface area (Å²) in [4.78, 5) is 4.14. The Morgan fingerprint density at radius 1 is 1.65 bits per heavy atom. The van der Waals surface area contributed by atoms with Crippen molar-refractivity contribution in [3.05, 3.63) is 18.0 Å². The molecule has 0 radical (unpaired) electrons. The first-order valence-electron chi connectivity index (χ1n) is 5.59. The van der Waals surface area contributed by atoms with Crippen molar-refractivity contribution >= 4 is 5.96 Å². The molecule has 2 N–H and O–H groups in total. The van der Waals surface area contributed by atoms with E-state index in [1.54, 1.807) is 18.8 Å². The first kappa shape index (κ1) is 13.5. The van der Waals surface area contributed by atoms with Gasteiger partial charge >= 0.3 is 0 Å². The number of hydrogen-bond donors (Lipinski definition) is 2. The van der Waals surface area contributed by atoms with Gasteiger partial charge in [-0.15, -0.1) is 0 Å². The van der Waals surface area contributed by atoms with Crippen molar-refractivity contribution in [1.82, 2.24) is 20.4 Å². The minimum absolute atomic E-state index is 0.222. The zero-order chi connectivity index (χ0) is 12.7. The average molecular weight is 239 g/mol. The van der Waals surface area contributed by atoms with E-state index in [1.807, 2.05) is 26.4 Å². The fourth-order valence-corrected chi connectivity index (χ4v) is 1.47. The number of aromatic nitrogens is 2. The average Bonchev–Trinajstić information content (AvgIpc) is 2.70. The first-order valence-corrected chi connectivity index (χ1v) is 5.59. The van der Waals surface area contributed by atoms with Gasteiger partial charge in [0, 0.05) is 45.6 Å². The van der Waals surface area contributed by atoms with Gasteiger partial charge in [0.15, 0.2) is 5.96 Å². The Morgan fingerprint density at radius 3 is 2.94 bits per heavy atom. The van der Waals surface area contributed by atoms with Crippen LogP contribution in [0.4, 0.5) is 0 Å². The lowest BCUT2D eigenvalue weighted by Gasteiger charge is -2.16. The molecule has 0 saturated heterocycles. The van der Waals surface area contributed by atoms with Crippen LogP contribution in [0.15, 0.2) is 17.4 Å². The Labute approximate surface area is 102 Å². The fraction of sp³-hybridized carbons (Fsp3) is 0.636. The van der Waals surface area contributed by atoms with Crippen LogP contribution < -0.4 is 10.6 Å². The number of guanidine groups is 1. The molecule has 0 amide bonds. The van der Waals surface area contributed by atoms with Gasteiger partial charge < -0.3 is 15.4 Å². The maximum atomic E-state index is 5.06. The van der Waals surface area contributed by atoms with Crippen molar-refractivity contribution in [3.8, 4) is 0 Å². The summed E-state index contributed by atoms with van der Waals surface area (Å²) in [5, 5.41) is 10.6. The summed E-state index contributed by atoms with van der Waals surface area (Å²) in [5.74, 6) is 0.762. The molecule has 0 saturated carbocycles. The van der Waals surface area contributed by atoms with Crippen molar-refractivity contribution in [1.29, 1.82) is 0 Å². The minimum atomic E-state index is 0.222. The number of aliphatic imine (C=N–C) groups is 1. The van der Waals surface area contributed by atoms with E-state index in [1.165, 1.54) is 0 Å². The van der Waals surface area contributed by atoms with E-state index in [-0.39, 0.29) is 6.04 Å². The number of nitrogens with one attached hydrogen (secondary N) is 2. The number of ether oxygens (including phenoxy) is 1. The lowest BCUT2D eigenvalue weighted by atomic mass is 10.3. The maximum absolute atomic E-state index is 5.06. The summed E-state index contributed by atoms with van der Waals surface area (Å²) in [6, 6.07) is 0.222. The van der Waals surface area contributed by atoms with Crippen LogP contribution in [0.25, 0.3) is 0 Å². The molecule has 1 rings (SSSR count). The predicted octanol–water partition coefficient (Wildman–Crippen LogP) is 0.120. The molecule has 96 valence electrons. The second kappa shape index (κ2) is 6.90. The van der Waals surface area contributed by atoms with Crippen molar-refractivity contribution < 1.29 is 4.74 Å². The number of nitrogens with zero attached hydrogens (tertiary/aromatic N) is 3. The quantitative estimate of drug-likeness (QED) is 0.566. The Hall–Kier alpha value is -1.56. The van der Waals surface area contributed by atoms with Crippen LogP contribution in [0.5, 0.6) is 0 Å². The van der Waals surface area contributed by atoms with Crippen LogP contribution in [-0.2, 0) is 18.3 Å². The second-order valence-electron chi connectivity index (χ2n) is 3.95. The van der Waals surface area contributed by atoms with Gasteiger partial charge in [0.05, 0.1) is 12.8 Å². The zero-order valence-electron chi connectivity index (χ0n) is 10.9. The van der Waals surface area contributed by atoms with Gasteiger partial charge in [-0.3, -0.25) is 9.67 Å². The van der Waals surface area contributed by atoms with Gasteiger partial charge in [-0.1, -0.05) is 0 Å². The third-order valence-electron chi connectivity index (χ3n) is 2.24. The largest absolute Gasteiger partial charge is 0.383 e. The summed E-state index contributed by atoms with van der Waals surface area (Å²) in [6.07, 6.45) is 3.80. The predicted molar refractivity (Wildman–Crippen MR) is 67.9 cm³/mol. The maximum Gasteiger partial charge on any atom is 0.191 e. The molecule has 1 aromatic heterocycles. The summed E-state index contributed by atoms with van der Waals surface area (Å²) >= 11 is 0. The van der Waals surface area contributed by atoms with Crippen LogP contribution in [0.3, 0.4) is 0 Å². The minimum Gasteiger partial charge on any atom is -0.383 e. The Kier molecular flexibility index (Phi) is 5.48. The van der Waals surface area contributed by atoms with Gasteiger partial charge in [0.1, 0.15) is 0 Å². The van der Waals surface area contributed by atoms with Crippen LogP contribution in [-0.4, -0.2) is 42.5 Å². The first-order chi connectivity index (χ1) is 8.15. The zero-order valence-corrected chi connectivity index (χ0v) is 10.9. The van der Waals surface area contributed by atoms with Gasteiger partial charge in [-0.25, -0.2) is 0 Å². The smallest absolute Gasteiger partial charge is 0.191 e. The molecule has 0 bridgehead atoms. The molecule has 17 heavy (non-hydrogen) atoms. The molecule has 0 aliphatic rings. The number of hydrogen-bond acceptors (Lipinski definition) is 3. The van der Waals surface area contributed by atoms with Gasteiger partial charge in [0.25, 0.3) is 0 Å². The lowest BCUT2D eigenvalue weighted by Crippen LogP contribution is -2.43. The molecular formula is C11H21N5O. The Morgan fingerprint density at radius 2 is 2.41 bits per heavy atom. The van der Waals surface area contributed by atoms with Crippen molar-refractivity contribution in [2.24, 2.45) is 12.0 Å². The number of methoxy groups -OCH3 is 1. The number of rotatable bonds is 5. The SMILES string of the molecule is CN=C(NCc1cnn(C)c1)NC(C)COC. The molecule has 1 heterocycles. The highest BCUT2D eigenvalue weighted by atomic mass is 16.5. The summed E-state index contributed by atoms with van der Waals surface area (Å²) in [7, 11) is 5.33. The normalized spacial score (nSPS) is 13.5. The standard InChI is InChI=1S/C11H21N5O/c1-9(8-17-4)15-11(12-2)13-5-10-6-14-16(3)7-10/h6-7,9H,5,8H2,1-4H3,(H2,12,13,15). The lowest BCUT2D eigenvalue weighted by molar-refractivity contribution is 0.179. The van der Waals surface area contributed by atoms with E-state index < -0.39 is 0 Å². The molecule has 1 aromatic rings. The highest BCUT2D eigenvalue weighted by Crippen LogP contribution is 1.94. The second-order valence-corrected chi connectivity index (χ2v) is 3.95. The highest BCUT2D eigenvalue weighted by Gasteiger charge is 2.04. The van der Waals surface area contributed by atoms with E-state index in [0.29, 0.717) is 13.2 Å². The van der Waals surface area contributed by atoms with E-state index in [9.17, 15) is 0 Å². The molecular weight excluding hydrogens is 218 g/mol. The molecule has 0 aliphatic carbocycles. The summed E-state index contributed by atoms with van der Waals surface area (Å²) in [5.41, 5.74) is 1.12. The van der Waals surface area contributed by atoms with Crippen LogP contribution >= 0.6 is 0 Å². The highest BCUT2D eigenvalue weighted by molar-refractivity contribution is 5.79. The molecule has 1 atom stereocenters. The monoisotopic (exact) mass is 239 g/mol. The topological polar surface area (TPSA) is 63.5 Å². The summed E-state index contributed by atoms with van der Waals surface area (Å²) in [6.45, 7) is 3.39. The number of aryl methyl sites for hydroxylation is 1. The van der Waals surface area contributed by atoms with Gasteiger partial charge in [-0.05, 0) is 6.92 Å². The van der Waals surface area contributed by atoms with Crippen LogP contribution in [0.1, 0.15) is 12.5 Å². The van der Waals surface area contributed by atoms with E-state index in [4.69, 9.17) is 4.74 Å².